The van der Waals surface area contributed by atoms with E-state index in [2.05, 4.69) is 25.8 Å². The maximum atomic E-state index is 12.8. The van der Waals surface area contributed by atoms with Crippen LogP contribution in [0.15, 0.2) is 46.3 Å². The molecule has 26 heavy (non-hydrogen) atoms. The Morgan fingerprint density at radius 3 is 2.77 bits per heavy atom. The zero-order chi connectivity index (χ0) is 17.8. The monoisotopic (exact) mass is 471 g/mol. The average Bonchev–Trinajstić information content (AvgIpc) is 3.21. The number of likely N-dealkylation sites (N-methyl/N-ethyl adjacent to an activating group) is 1. The molecule has 0 radical (unpaired) electrons. The molecule has 0 aliphatic rings. The van der Waals surface area contributed by atoms with Crippen molar-refractivity contribution in [3.63, 3.8) is 0 Å². The number of aromatic nitrogens is 1. The van der Waals surface area contributed by atoms with Gasteiger partial charge >= 0.3 is 0 Å². The molecule has 8 heteroatoms. The summed E-state index contributed by atoms with van der Waals surface area (Å²) < 4.78 is 2.08. The van der Waals surface area contributed by atoms with Crippen LogP contribution in [-0.2, 0) is 4.79 Å². The Labute approximate surface area is 175 Å². The van der Waals surface area contributed by atoms with E-state index < -0.39 is 0 Å². The van der Waals surface area contributed by atoms with Crippen LogP contribution in [0.3, 0.4) is 0 Å². The van der Waals surface area contributed by atoms with Crippen molar-refractivity contribution in [2.24, 2.45) is 0 Å². The van der Waals surface area contributed by atoms with Crippen molar-refractivity contribution < 1.29 is 4.79 Å². The van der Waals surface area contributed by atoms with E-state index in [1.54, 1.807) is 22.3 Å². The fraction of sp³-hybridized carbons (Fsp3) is 0.222. The molecule has 0 aliphatic carbocycles. The third kappa shape index (κ3) is 5.37. The van der Waals surface area contributed by atoms with Crippen molar-refractivity contribution in [2.45, 2.75) is 0 Å². The lowest BCUT2D eigenvalue weighted by Crippen LogP contribution is -2.35. The van der Waals surface area contributed by atoms with Gasteiger partial charge in [0.2, 0.25) is 0 Å². The second-order valence-corrected chi connectivity index (χ2v) is 8.65. The molecule has 0 bridgehead atoms. The number of fused-ring (bicyclic) bond motifs is 1. The number of hydrogen-bond acceptors (Lipinski definition) is 5. The summed E-state index contributed by atoms with van der Waals surface area (Å²) in [6, 6.07) is 9.94. The van der Waals surface area contributed by atoms with E-state index in [1.807, 2.05) is 55.9 Å². The number of carbonyl (C=O) groups excluding carboxylic acids is 1. The second-order valence-electron chi connectivity index (χ2n) is 5.75. The highest BCUT2D eigenvalue weighted by atomic mass is 79.9. The van der Waals surface area contributed by atoms with Gasteiger partial charge in [-0.2, -0.15) is 0 Å². The fourth-order valence-corrected chi connectivity index (χ4v) is 4.40. The predicted molar refractivity (Wildman–Crippen MR) is 119 cm³/mol. The lowest BCUT2D eigenvalue weighted by atomic mass is 10.3. The molecular weight excluding hydrogens is 454 g/mol. The van der Waals surface area contributed by atoms with Crippen LogP contribution in [0.5, 0.6) is 0 Å². The quantitative estimate of drug-likeness (QED) is 0.466. The van der Waals surface area contributed by atoms with Crippen molar-refractivity contribution in [1.82, 2.24) is 9.88 Å². The first kappa shape index (κ1) is 21.1. The smallest absolute Gasteiger partial charge is 0.252 e. The van der Waals surface area contributed by atoms with Gasteiger partial charge in [-0.1, -0.05) is 33.3 Å². The van der Waals surface area contributed by atoms with Gasteiger partial charge in [0.05, 0.1) is 10.2 Å². The SMILES string of the molecule is CN(C)CCN(C(=O)C=Cc1cccs1)c1nc2ccc(Br)cc2s1.Cl. The van der Waals surface area contributed by atoms with Crippen LogP contribution in [0.1, 0.15) is 4.88 Å². The summed E-state index contributed by atoms with van der Waals surface area (Å²) in [6.07, 6.45) is 3.49. The number of thiophene rings is 1. The first-order chi connectivity index (χ1) is 12.0. The third-order valence-electron chi connectivity index (χ3n) is 3.54. The molecule has 0 saturated carbocycles. The van der Waals surface area contributed by atoms with Crippen LogP contribution in [0.25, 0.3) is 16.3 Å². The van der Waals surface area contributed by atoms with E-state index >= 15 is 0 Å². The molecule has 0 N–H and O–H groups in total. The van der Waals surface area contributed by atoms with E-state index in [9.17, 15) is 4.79 Å². The topological polar surface area (TPSA) is 36.4 Å². The predicted octanol–water partition coefficient (Wildman–Crippen LogP) is 5.15. The minimum atomic E-state index is -0.0478. The Bertz CT molecular complexity index is 893. The zero-order valence-corrected chi connectivity index (χ0v) is 18.4. The molecule has 1 amide bonds. The molecule has 3 aromatic rings. The van der Waals surface area contributed by atoms with Gasteiger partial charge in [-0.25, -0.2) is 4.98 Å². The van der Waals surface area contributed by atoms with Gasteiger partial charge in [0.25, 0.3) is 5.91 Å². The van der Waals surface area contributed by atoms with Crippen molar-refractivity contribution in [1.29, 1.82) is 0 Å². The molecule has 0 aliphatic heterocycles. The Hall–Kier alpha value is -1.25. The van der Waals surface area contributed by atoms with E-state index in [-0.39, 0.29) is 18.3 Å². The molecule has 2 heterocycles. The molecule has 0 atom stereocenters. The molecule has 138 valence electrons. The number of thiazole rings is 1. The van der Waals surface area contributed by atoms with E-state index in [0.29, 0.717) is 6.54 Å². The summed E-state index contributed by atoms with van der Waals surface area (Å²) >= 11 is 6.64. The minimum Gasteiger partial charge on any atom is -0.308 e. The lowest BCUT2D eigenvalue weighted by molar-refractivity contribution is -0.114. The molecular formula is C18H19BrClN3OS2. The highest BCUT2D eigenvalue weighted by Gasteiger charge is 2.18. The second kappa shape index (κ2) is 9.62. The normalized spacial score (nSPS) is 11.2. The van der Waals surface area contributed by atoms with E-state index in [1.165, 1.54) is 11.3 Å². The van der Waals surface area contributed by atoms with E-state index in [4.69, 9.17) is 0 Å². The number of benzene rings is 1. The standard InChI is InChI=1S/C18H18BrN3OS2.ClH/c1-21(2)9-10-22(17(23)8-6-14-4-3-11-24-14)18-20-15-7-5-13(19)12-16(15)25-18;/h3-8,11-12H,9-10H2,1-2H3;1H. The summed E-state index contributed by atoms with van der Waals surface area (Å²) in [5.74, 6) is -0.0478. The van der Waals surface area contributed by atoms with Crippen LogP contribution in [0, 0.1) is 0 Å². The number of anilines is 1. The average molecular weight is 473 g/mol. The summed E-state index contributed by atoms with van der Waals surface area (Å²) in [5.41, 5.74) is 0.910. The van der Waals surface area contributed by atoms with Crippen LogP contribution >= 0.6 is 51.0 Å². The molecule has 0 spiro atoms. The van der Waals surface area contributed by atoms with Crippen molar-refractivity contribution in [3.8, 4) is 0 Å². The first-order valence-corrected chi connectivity index (χ1v) is 10.3. The molecule has 1 aromatic carbocycles. The first-order valence-electron chi connectivity index (χ1n) is 7.77. The fourth-order valence-electron chi connectivity index (χ4n) is 2.23. The molecule has 3 rings (SSSR count). The van der Waals surface area contributed by atoms with Crippen LogP contribution in [-0.4, -0.2) is 43.0 Å². The maximum Gasteiger partial charge on any atom is 0.252 e. The Morgan fingerprint density at radius 2 is 2.08 bits per heavy atom. The van der Waals surface area contributed by atoms with Gasteiger partial charge in [-0.3, -0.25) is 9.69 Å². The van der Waals surface area contributed by atoms with Gasteiger partial charge in [0.1, 0.15) is 0 Å². The number of hydrogen-bond donors (Lipinski definition) is 0. The van der Waals surface area contributed by atoms with Crippen molar-refractivity contribution >= 4 is 78.3 Å². The van der Waals surface area contributed by atoms with Gasteiger partial charge in [-0.15, -0.1) is 23.7 Å². The number of amides is 1. The Balaban J connectivity index is 0.00000243. The van der Waals surface area contributed by atoms with Gasteiger partial charge in [0, 0.05) is 28.5 Å². The molecule has 0 saturated heterocycles. The van der Waals surface area contributed by atoms with Gasteiger partial charge in [-0.05, 0) is 49.8 Å². The van der Waals surface area contributed by atoms with E-state index in [0.717, 1.165) is 31.2 Å². The lowest BCUT2D eigenvalue weighted by Gasteiger charge is -2.20. The third-order valence-corrected chi connectivity index (χ3v) is 5.91. The summed E-state index contributed by atoms with van der Waals surface area (Å²) in [5, 5.41) is 2.73. The van der Waals surface area contributed by atoms with Crippen molar-refractivity contribution in [2.75, 3.05) is 32.1 Å². The summed E-state index contributed by atoms with van der Waals surface area (Å²) in [7, 11) is 4.00. The van der Waals surface area contributed by atoms with Crippen molar-refractivity contribution in [3.05, 3.63) is 51.1 Å². The van der Waals surface area contributed by atoms with Crippen LogP contribution in [0.2, 0.25) is 0 Å². The largest absolute Gasteiger partial charge is 0.308 e. The highest BCUT2D eigenvalue weighted by molar-refractivity contribution is 9.10. The molecule has 0 unspecified atom stereocenters. The zero-order valence-electron chi connectivity index (χ0n) is 14.4. The maximum absolute atomic E-state index is 12.8. The summed E-state index contributed by atoms with van der Waals surface area (Å²) in [4.78, 5) is 22.3. The Kier molecular flexibility index (Phi) is 7.79. The highest BCUT2D eigenvalue weighted by Crippen LogP contribution is 2.31. The molecule has 4 nitrogen and oxygen atoms in total. The number of halogens is 2. The van der Waals surface area contributed by atoms with Gasteiger partial charge < -0.3 is 4.90 Å². The minimum absolute atomic E-state index is 0. The number of rotatable bonds is 6. The van der Waals surface area contributed by atoms with Crippen LogP contribution in [0.4, 0.5) is 5.13 Å². The summed E-state index contributed by atoms with van der Waals surface area (Å²) in [6.45, 7) is 1.37. The molecule has 0 fully saturated rings. The van der Waals surface area contributed by atoms with Gasteiger partial charge in [0.15, 0.2) is 5.13 Å². The Morgan fingerprint density at radius 1 is 1.27 bits per heavy atom. The number of carbonyl (C=O) groups is 1. The molecule has 2 aromatic heterocycles. The number of nitrogens with zero attached hydrogens (tertiary/aromatic N) is 3. The van der Waals surface area contributed by atoms with Crippen LogP contribution < -0.4 is 4.90 Å².